The highest BCUT2D eigenvalue weighted by Gasteiger charge is 2.51. The standard InChI is InChI=1S/C36H45ClN2O6/c1-4-28-33(41)38(2)17-6-5-9-31(40)27-13-10-24(27)20-39-21-35(16-7-8-23-18-26(37)12-14-29(23)35)22-45-32-15-11-25(19-30(32)39)36(28,43)34(42)44-3/h5,9,11-12,14-15,18-19,24,27-28,31,40,43H,4,6-8,10,13,16-17,20-22H2,1-3H3/b9-5+/t24-,27+,28-,31-,35-,36+/m0/s1. The van der Waals surface area contributed by atoms with Crippen molar-refractivity contribution in [2.75, 3.05) is 45.3 Å². The molecule has 1 amide bonds. The van der Waals surface area contributed by atoms with Crippen LogP contribution in [0.5, 0.6) is 5.75 Å². The Hall–Kier alpha value is -3.07. The number of ether oxygens (including phenoxy) is 2. The number of nitrogens with zero attached hydrogens (tertiary/aromatic N) is 2. The van der Waals surface area contributed by atoms with Crippen molar-refractivity contribution in [3.8, 4) is 5.75 Å². The maximum Gasteiger partial charge on any atom is 0.343 e. The van der Waals surface area contributed by atoms with E-state index in [-0.39, 0.29) is 29.6 Å². The number of methoxy groups -OCH3 is 1. The molecule has 2 bridgehead atoms. The summed E-state index contributed by atoms with van der Waals surface area (Å²) < 4.78 is 11.8. The second-order valence-electron chi connectivity index (χ2n) is 13.5. The van der Waals surface area contributed by atoms with E-state index in [0.717, 1.165) is 42.8 Å². The molecule has 0 saturated heterocycles. The van der Waals surface area contributed by atoms with Crippen LogP contribution in [0.3, 0.4) is 0 Å². The Morgan fingerprint density at radius 3 is 2.76 bits per heavy atom. The number of carbonyl (C=O) groups is 2. The van der Waals surface area contributed by atoms with Gasteiger partial charge in [-0.3, -0.25) is 4.79 Å². The van der Waals surface area contributed by atoms with E-state index in [4.69, 9.17) is 21.1 Å². The largest absolute Gasteiger partial charge is 0.490 e. The van der Waals surface area contributed by atoms with Crippen molar-refractivity contribution in [3.63, 3.8) is 0 Å². The number of hydrogen-bond donors (Lipinski definition) is 2. The molecule has 45 heavy (non-hydrogen) atoms. The number of carbonyl (C=O) groups excluding carboxylic acids is 2. The highest BCUT2D eigenvalue weighted by molar-refractivity contribution is 6.30. The SMILES string of the molecule is CC[C@H]1C(=O)N(C)CC/C=C/[C@H](O)[C@@H]2CC[C@H]2CN2C[C@@]3(CCCc4cc(Cl)ccc43)COc3ccc(cc32)[C@]1(O)C(=O)OC. The fraction of sp³-hybridized carbons (Fsp3) is 0.556. The van der Waals surface area contributed by atoms with E-state index in [2.05, 4.69) is 17.0 Å². The summed E-state index contributed by atoms with van der Waals surface area (Å²) in [5, 5.41) is 24.2. The molecule has 2 aliphatic heterocycles. The third-order valence-electron chi connectivity index (χ3n) is 10.9. The van der Waals surface area contributed by atoms with Crippen molar-refractivity contribution >= 4 is 29.2 Å². The lowest BCUT2D eigenvalue weighted by Crippen LogP contribution is -2.51. The van der Waals surface area contributed by atoms with Crippen LogP contribution in [0.2, 0.25) is 5.02 Å². The van der Waals surface area contributed by atoms with Crippen LogP contribution in [-0.4, -0.2) is 73.5 Å². The van der Waals surface area contributed by atoms with Crippen LogP contribution in [0.1, 0.15) is 62.1 Å². The average Bonchev–Trinajstić information content (AvgIpc) is 3.17. The highest BCUT2D eigenvalue weighted by Crippen LogP contribution is 2.48. The fourth-order valence-corrected chi connectivity index (χ4v) is 8.39. The third kappa shape index (κ3) is 5.63. The van der Waals surface area contributed by atoms with Crippen molar-refractivity contribution in [3.05, 3.63) is 70.3 Å². The van der Waals surface area contributed by atoms with Gasteiger partial charge in [-0.15, -0.1) is 0 Å². The summed E-state index contributed by atoms with van der Waals surface area (Å²) >= 11 is 6.43. The lowest BCUT2D eigenvalue weighted by atomic mass is 9.68. The van der Waals surface area contributed by atoms with Gasteiger partial charge >= 0.3 is 5.97 Å². The first-order valence-corrected chi connectivity index (χ1v) is 16.7. The Labute approximate surface area is 270 Å². The minimum absolute atomic E-state index is 0.120. The van der Waals surface area contributed by atoms with Gasteiger partial charge in [-0.1, -0.05) is 42.8 Å². The second kappa shape index (κ2) is 12.6. The van der Waals surface area contributed by atoms with E-state index in [1.54, 1.807) is 24.9 Å². The van der Waals surface area contributed by atoms with Gasteiger partial charge in [-0.2, -0.15) is 0 Å². The molecule has 0 aromatic heterocycles. The Morgan fingerprint density at radius 1 is 1.20 bits per heavy atom. The summed E-state index contributed by atoms with van der Waals surface area (Å²) in [6.45, 7) is 4.03. The number of benzene rings is 2. The third-order valence-corrected chi connectivity index (χ3v) is 11.1. The molecule has 6 rings (SSSR count). The summed E-state index contributed by atoms with van der Waals surface area (Å²) in [4.78, 5) is 31.2. The fourth-order valence-electron chi connectivity index (χ4n) is 8.19. The van der Waals surface area contributed by atoms with Gasteiger partial charge in [0.05, 0.1) is 31.4 Å². The smallest absolute Gasteiger partial charge is 0.343 e. The Kier molecular flexibility index (Phi) is 8.94. The molecule has 9 heteroatoms. The van der Waals surface area contributed by atoms with Gasteiger partial charge in [0.25, 0.3) is 0 Å². The van der Waals surface area contributed by atoms with Gasteiger partial charge in [-0.05, 0) is 97.7 Å². The molecule has 0 radical (unpaired) electrons. The normalized spacial score (nSPS) is 32.4. The number of anilines is 1. The molecule has 4 aliphatic rings. The van der Waals surface area contributed by atoms with E-state index < -0.39 is 23.6 Å². The molecule has 8 nitrogen and oxygen atoms in total. The van der Waals surface area contributed by atoms with E-state index >= 15 is 0 Å². The number of fused-ring (bicyclic) bond motifs is 4. The molecule has 1 fully saturated rings. The lowest BCUT2D eigenvalue weighted by Gasteiger charge is -2.45. The lowest BCUT2D eigenvalue weighted by molar-refractivity contribution is -0.176. The van der Waals surface area contributed by atoms with Crippen molar-refractivity contribution in [1.82, 2.24) is 4.90 Å². The van der Waals surface area contributed by atoms with Crippen molar-refractivity contribution in [2.24, 2.45) is 17.8 Å². The van der Waals surface area contributed by atoms with Gasteiger partial charge in [0.15, 0.2) is 5.60 Å². The molecule has 1 saturated carbocycles. The molecule has 1 spiro atoms. The average molecular weight is 637 g/mol. The number of esters is 1. The van der Waals surface area contributed by atoms with E-state index in [9.17, 15) is 19.8 Å². The molecular formula is C36H45ClN2O6. The topological polar surface area (TPSA) is 99.5 Å². The van der Waals surface area contributed by atoms with E-state index in [1.807, 2.05) is 30.4 Å². The maximum atomic E-state index is 13.8. The Morgan fingerprint density at radius 2 is 2.02 bits per heavy atom. The summed E-state index contributed by atoms with van der Waals surface area (Å²) in [6.07, 6.45) is 8.88. The van der Waals surface area contributed by atoms with Crippen molar-refractivity contribution in [2.45, 2.75) is 69.0 Å². The van der Waals surface area contributed by atoms with Gasteiger partial charge in [0.2, 0.25) is 5.91 Å². The van der Waals surface area contributed by atoms with Crippen LogP contribution in [0.25, 0.3) is 0 Å². The van der Waals surface area contributed by atoms with Crippen molar-refractivity contribution in [1.29, 1.82) is 0 Å². The number of rotatable bonds is 2. The summed E-state index contributed by atoms with van der Waals surface area (Å²) in [7, 11) is 2.92. The second-order valence-corrected chi connectivity index (χ2v) is 13.9. The molecule has 242 valence electrons. The van der Waals surface area contributed by atoms with Crippen LogP contribution in [-0.2, 0) is 31.8 Å². The first-order valence-electron chi connectivity index (χ1n) is 16.3. The molecule has 2 aromatic carbocycles. The van der Waals surface area contributed by atoms with Gasteiger partial charge < -0.3 is 29.5 Å². The van der Waals surface area contributed by atoms with Gasteiger partial charge in [0, 0.05) is 37.1 Å². The van der Waals surface area contributed by atoms with E-state index in [0.29, 0.717) is 44.0 Å². The summed E-state index contributed by atoms with van der Waals surface area (Å²) in [5.41, 5.74) is 1.08. The zero-order valence-electron chi connectivity index (χ0n) is 26.5. The number of aliphatic hydroxyl groups excluding tert-OH is 1. The predicted molar refractivity (Wildman–Crippen MR) is 174 cm³/mol. The molecule has 2 N–H and O–H groups in total. The zero-order valence-corrected chi connectivity index (χ0v) is 27.3. The van der Waals surface area contributed by atoms with Gasteiger partial charge in [-0.25, -0.2) is 4.79 Å². The zero-order chi connectivity index (χ0) is 31.9. The first kappa shape index (κ1) is 31.9. The van der Waals surface area contributed by atoms with Gasteiger partial charge in [0.1, 0.15) is 5.75 Å². The number of aliphatic hydroxyl groups is 2. The molecule has 0 unspecified atom stereocenters. The monoisotopic (exact) mass is 636 g/mol. The molecule has 2 heterocycles. The van der Waals surface area contributed by atoms with Crippen LogP contribution in [0, 0.1) is 17.8 Å². The summed E-state index contributed by atoms with van der Waals surface area (Å²) in [5.74, 6) is -1.23. The van der Waals surface area contributed by atoms with Crippen LogP contribution >= 0.6 is 11.6 Å². The predicted octanol–water partition coefficient (Wildman–Crippen LogP) is 5.01. The Bertz CT molecular complexity index is 1480. The number of amides is 1. The van der Waals surface area contributed by atoms with Crippen LogP contribution in [0.15, 0.2) is 48.6 Å². The molecule has 2 aromatic rings. The quantitative estimate of drug-likeness (QED) is 0.353. The van der Waals surface area contributed by atoms with Crippen LogP contribution in [0.4, 0.5) is 5.69 Å². The minimum atomic E-state index is -2.20. The van der Waals surface area contributed by atoms with Crippen LogP contribution < -0.4 is 9.64 Å². The highest BCUT2D eigenvalue weighted by atomic mass is 35.5. The molecule has 2 aliphatic carbocycles. The molecular weight excluding hydrogens is 592 g/mol. The minimum Gasteiger partial charge on any atom is -0.490 e. The summed E-state index contributed by atoms with van der Waals surface area (Å²) in [6, 6.07) is 11.5. The Balaban J connectivity index is 1.50. The number of aryl methyl sites for hydroxylation is 1. The number of hydrogen-bond acceptors (Lipinski definition) is 7. The van der Waals surface area contributed by atoms with Crippen molar-refractivity contribution < 1.29 is 29.3 Å². The molecule has 6 atom stereocenters. The number of halogens is 1. The maximum absolute atomic E-state index is 13.8. The first-order chi connectivity index (χ1) is 21.6. The van der Waals surface area contributed by atoms with E-state index in [1.165, 1.54) is 18.2 Å².